The van der Waals surface area contributed by atoms with Crippen molar-refractivity contribution in [3.8, 4) is 5.75 Å². The van der Waals surface area contributed by atoms with Crippen molar-refractivity contribution in [2.45, 2.75) is 39.3 Å². The molecule has 6 nitrogen and oxygen atoms in total. The molecule has 0 radical (unpaired) electrons. The number of amides is 3. The molecule has 8 heteroatoms. The molecule has 1 saturated heterocycles. The van der Waals surface area contributed by atoms with Gasteiger partial charge in [-0.25, -0.2) is 4.79 Å². The summed E-state index contributed by atoms with van der Waals surface area (Å²) in [6.07, 6.45) is 1.56. The average Bonchev–Trinajstić information content (AvgIpc) is 2.62. The molecule has 26 heavy (non-hydrogen) atoms. The van der Waals surface area contributed by atoms with E-state index in [0.717, 1.165) is 18.4 Å². The number of benzene rings is 1. The Balaban J connectivity index is 1.90. The quantitative estimate of drug-likeness (QED) is 0.810. The maximum absolute atomic E-state index is 12.5. The van der Waals surface area contributed by atoms with Gasteiger partial charge in [-0.1, -0.05) is 12.1 Å². The van der Waals surface area contributed by atoms with Crippen molar-refractivity contribution in [1.29, 1.82) is 0 Å². The highest BCUT2D eigenvalue weighted by Gasteiger charge is 2.28. The maximum Gasteiger partial charge on any atom is 0.387 e. The van der Waals surface area contributed by atoms with Crippen LogP contribution in [0, 0.1) is 5.92 Å². The number of halogens is 2. The monoisotopic (exact) mass is 369 g/mol. The van der Waals surface area contributed by atoms with E-state index in [2.05, 4.69) is 15.4 Å². The van der Waals surface area contributed by atoms with Gasteiger partial charge in [0.1, 0.15) is 5.75 Å². The van der Waals surface area contributed by atoms with Crippen molar-refractivity contribution in [2.24, 2.45) is 5.92 Å². The van der Waals surface area contributed by atoms with Crippen LogP contribution in [0.25, 0.3) is 0 Å². The van der Waals surface area contributed by atoms with Crippen LogP contribution in [0.3, 0.4) is 0 Å². The van der Waals surface area contributed by atoms with Gasteiger partial charge in [0.2, 0.25) is 5.91 Å². The molecule has 1 heterocycles. The minimum Gasteiger partial charge on any atom is -0.435 e. The zero-order valence-corrected chi connectivity index (χ0v) is 15.0. The van der Waals surface area contributed by atoms with E-state index in [4.69, 9.17) is 0 Å². The number of carbonyl (C=O) groups excluding carboxylic acids is 2. The van der Waals surface area contributed by atoms with E-state index in [1.807, 2.05) is 13.8 Å². The van der Waals surface area contributed by atoms with E-state index in [1.165, 1.54) is 12.1 Å². The van der Waals surface area contributed by atoms with Gasteiger partial charge in [0.15, 0.2) is 0 Å². The first-order valence-electron chi connectivity index (χ1n) is 8.78. The minimum atomic E-state index is -2.87. The molecule has 1 aromatic rings. The fourth-order valence-electron chi connectivity index (χ4n) is 2.99. The Labute approximate surface area is 151 Å². The van der Waals surface area contributed by atoms with Crippen molar-refractivity contribution in [3.05, 3.63) is 29.8 Å². The Morgan fingerprint density at radius 3 is 2.62 bits per heavy atom. The van der Waals surface area contributed by atoms with Gasteiger partial charge in [-0.3, -0.25) is 4.79 Å². The minimum absolute atomic E-state index is 0.0207. The summed E-state index contributed by atoms with van der Waals surface area (Å²) in [7, 11) is 0. The Morgan fingerprint density at radius 1 is 1.31 bits per heavy atom. The summed E-state index contributed by atoms with van der Waals surface area (Å²) in [5, 5.41) is 5.68. The largest absolute Gasteiger partial charge is 0.435 e. The molecule has 1 aromatic carbocycles. The molecule has 0 saturated carbocycles. The molecular weight excluding hydrogens is 344 g/mol. The number of alkyl halides is 2. The predicted octanol–water partition coefficient (Wildman–Crippen LogP) is 2.91. The highest BCUT2D eigenvalue weighted by atomic mass is 19.3. The van der Waals surface area contributed by atoms with Gasteiger partial charge in [-0.2, -0.15) is 8.78 Å². The molecule has 1 fully saturated rings. The standard InChI is InChI=1S/C18H25F2N3O3/c1-3-21-16(24)14-5-4-10-23(11-14)18(25)22-12(2)13-6-8-15(9-7-13)26-17(19)20/h6-9,12,14,17H,3-5,10-11H2,1-2H3,(H,21,24)(H,22,25)/t12-,14+/m1/s1. The van der Waals surface area contributed by atoms with Crippen molar-refractivity contribution < 1.29 is 23.1 Å². The average molecular weight is 369 g/mol. The topological polar surface area (TPSA) is 70.7 Å². The van der Waals surface area contributed by atoms with Gasteiger partial charge in [0, 0.05) is 19.6 Å². The van der Waals surface area contributed by atoms with Crippen LogP contribution in [0.15, 0.2) is 24.3 Å². The number of rotatable bonds is 6. The summed E-state index contributed by atoms with van der Waals surface area (Å²) in [4.78, 5) is 26.1. The molecule has 0 aliphatic carbocycles. The number of nitrogens with one attached hydrogen (secondary N) is 2. The molecule has 2 atom stereocenters. The first-order valence-corrected chi connectivity index (χ1v) is 8.78. The van der Waals surface area contributed by atoms with E-state index in [0.29, 0.717) is 19.6 Å². The summed E-state index contributed by atoms with van der Waals surface area (Å²) >= 11 is 0. The van der Waals surface area contributed by atoms with Crippen molar-refractivity contribution >= 4 is 11.9 Å². The van der Waals surface area contributed by atoms with Crippen molar-refractivity contribution in [3.63, 3.8) is 0 Å². The summed E-state index contributed by atoms with van der Waals surface area (Å²) in [5.74, 6) is -0.133. The molecule has 1 aliphatic heterocycles. The van der Waals surface area contributed by atoms with Gasteiger partial charge in [-0.15, -0.1) is 0 Å². The van der Waals surface area contributed by atoms with Gasteiger partial charge in [0.05, 0.1) is 12.0 Å². The second kappa shape index (κ2) is 9.35. The number of likely N-dealkylation sites (tertiary alicyclic amines) is 1. The molecule has 3 amide bonds. The first kappa shape index (κ1) is 19.9. The van der Waals surface area contributed by atoms with Gasteiger partial charge in [0.25, 0.3) is 0 Å². The zero-order chi connectivity index (χ0) is 19.1. The zero-order valence-electron chi connectivity index (χ0n) is 15.0. The summed E-state index contributed by atoms with van der Waals surface area (Å²) in [6, 6.07) is 5.62. The van der Waals surface area contributed by atoms with Crippen LogP contribution in [-0.4, -0.2) is 43.1 Å². The van der Waals surface area contributed by atoms with Crippen LogP contribution < -0.4 is 15.4 Å². The molecule has 2 rings (SSSR count). The van der Waals surface area contributed by atoms with E-state index in [9.17, 15) is 18.4 Å². The third kappa shape index (κ3) is 5.57. The number of carbonyl (C=O) groups is 2. The SMILES string of the molecule is CCNC(=O)[C@H]1CCCN(C(=O)N[C@H](C)c2ccc(OC(F)F)cc2)C1. The Morgan fingerprint density at radius 2 is 2.00 bits per heavy atom. The number of urea groups is 1. The molecular formula is C18H25F2N3O3. The highest BCUT2D eigenvalue weighted by molar-refractivity contribution is 5.80. The van der Waals surface area contributed by atoms with Crippen LogP contribution in [0.4, 0.5) is 13.6 Å². The summed E-state index contributed by atoms with van der Waals surface area (Å²) < 4.78 is 28.7. The summed E-state index contributed by atoms with van der Waals surface area (Å²) in [6.45, 7) is 2.39. The number of hydrogen-bond acceptors (Lipinski definition) is 3. The molecule has 144 valence electrons. The Bertz CT molecular complexity index is 610. The molecule has 0 bridgehead atoms. The van der Waals surface area contributed by atoms with E-state index in [-0.39, 0.29) is 29.6 Å². The van der Waals surface area contributed by atoms with Crippen molar-refractivity contribution in [1.82, 2.24) is 15.5 Å². The lowest BCUT2D eigenvalue weighted by Gasteiger charge is -2.33. The highest BCUT2D eigenvalue weighted by Crippen LogP contribution is 2.21. The number of nitrogens with zero attached hydrogens (tertiary/aromatic N) is 1. The fourth-order valence-corrected chi connectivity index (χ4v) is 2.99. The Kier molecular flexibility index (Phi) is 7.17. The third-order valence-corrected chi connectivity index (χ3v) is 4.38. The van der Waals surface area contributed by atoms with Crippen LogP contribution in [0.5, 0.6) is 5.75 Å². The fraction of sp³-hybridized carbons (Fsp3) is 0.556. The molecule has 2 N–H and O–H groups in total. The van der Waals surface area contributed by atoms with Crippen molar-refractivity contribution in [2.75, 3.05) is 19.6 Å². The second-order valence-electron chi connectivity index (χ2n) is 6.30. The number of piperidine rings is 1. The van der Waals surface area contributed by atoms with E-state index in [1.54, 1.807) is 17.0 Å². The van der Waals surface area contributed by atoms with E-state index >= 15 is 0 Å². The Hall–Kier alpha value is -2.38. The summed E-state index contributed by atoms with van der Waals surface area (Å²) in [5.41, 5.74) is 0.775. The molecule has 0 spiro atoms. The lowest BCUT2D eigenvalue weighted by atomic mass is 9.97. The van der Waals surface area contributed by atoms with E-state index < -0.39 is 6.61 Å². The smallest absolute Gasteiger partial charge is 0.387 e. The lowest BCUT2D eigenvalue weighted by molar-refractivity contribution is -0.126. The van der Waals surface area contributed by atoms with Gasteiger partial charge < -0.3 is 20.3 Å². The van der Waals surface area contributed by atoms with Crippen LogP contribution in [0.2, 0.25) is 0 Å². The van der Waals surface area contributed by atoms with Gasteiger partial charge >= 0.3 is 12.6 Å². The second-order valence-corrected chi connectivity index (χ2v) is 6.30. The maximum atomic E-state index is 12.5. The molecule has 0 aromatic heterocycles. The molecule has 1 aliphatic rings. The third-order valence-electron chi connectivity index (χ3n) is 4.38. The van der Waals surface area contributed by atoms with Crippen LogP contribution >= 0.6 is 0 Å². The number of hydrogen-bond donors (Lipinski definition) is 2. The number of ether oxygens (including phenoxy) is 1. The van der Waals surface area contributed by atoms with Crippen LogP contribution in [-0.2, 0) is 4.79 Å². The lowest BCUT2D eigenvalue weighted by Crippen LogP contribution is -2.49. The molecule has 0 unspecified atom stereocenters. The van der Waals surface area contributed by atoms with Crippen LogP contribution in [0.1, 0.15) is 38.3 Å². The van der Waals surface area contributed by atoms with Gasteiger partial charge in [-0.05, 0) is 44.4 Å². The first-order chi connectivity index (χ1) is 12.4. The normalized spacial score (nSPS) is 18.3. The predicted molar refractivity (Wildman–Crippen MR) is 93.0 cm³/mol.